The predicted molar refractivity (Wildman–Crippen MR) is 130 cm³/mol. The average Bonchev–Trinajstić information content (AvgIpc) is 3.24. The van der Waals surface area contributed by atoms with Crippen LogP contribution in [0.15, 0.2) is 24.3 Å². The lowest BCUT2D eigenvalue weighted by Crippen LogP contribution is -2.47. The van der Waals surface area contributed by atoms with Gasteiger partial charge < -0.3 is 14.7 Å². The third-order valence-electron chi connectivity index (χ3n) is 7.79. The van der Waals surface area contributed by atoms with Crippen LogP contribution in [0.1, 0.15) is 64.4 Å². The first-order valence-electron chi connectivity index (χ1n) is 12.9. The maximum Gasteiger partial charge on any atom is 0.228 e. The first-order chi connectivity index (χ1) is 16.0. The molecule has 180 valence electrons. The fraction of sp³-hybridized carbons (Fsp3) is 0.667. The van der Waals surface area contributed by atoms with Gasteiger partial charge in [-0.05, 0) is 62.1 Å². The van der Waals surface area contributed by atoms with E-state index in [2.05, 4.69) is 26.0 Å². The summed E-state index contributed by atoms with van der Waals surface area (Å²) in [5, 5.41) is 0. The van der Waals surface area contributed by atoms with Crippen molar-refractivity contribution in [3.8, 4) is 0 Å². The van der Waals surface area contributed by atoms with Crippen molar-refractivity contribution in [2.45, 2.75) is 65.2 Å². The number of rotatable bonds is 6. The third kappa shape index (κ3) is 5.59. The highest BCUT2D eigenvalue weighted by molar-refractivity contribution is 6.00. The number of likely N-dealkylation sites (tertiary alicyclic amines) is 2. The molecule has 1 unspecified atom stereocenters. The molecule has 3 heterocycles. The van der Waals surface area contributed by atoms with Gasteiger partial charge in [-0.2, -0.15) is 0 Å². The maximum atomic E-state index is 13.2. The van der Waals surface area contributed by atoms with E-state index >= 15 is 0 Å². The lowest BCUT2D eigenvalue weighted by atomic mass is 9.92. The van der Waals surface area contributed by atoms with Gasteiger partial charge in [0.25, 0.3) is 0 Å². The number of hydrogen-bond donors (Lipinski definition) is 0. The molecule has 1 aromatic rings. The second kappa shape index (κ2) is 10.7. The number of anilines is 1. The predicted octanol–water partition coefficient (Wildman–Crippen LogP) is 3.88. The highest BCUT2D eigenvalue weighted by Gasteiger charge is 2.39. The van der Waals surface area contributed by atoms with Gasteiger partial charge in [-0.3, -0.25) is 14.4 Å². The zero-order valence-electron chi connectivity index (χ0n) is 20.3. The summed E-state index contributed by atoms with van der Waals surface area (Å²) in [7, 11) is 0. The van der Waals surface area contributed by atoms with Crippen molar-refractivity contribution in [2.75, 3.05) is 37.6 Å². The molecule has 1 atom stereocenters. The summed E-state index contributed by atoms with van der Waals surface area (Å²) in [5.41, 5.74) is 2.17. The van der Waals surface area contributed by atoms with Crippen LogP contribution in [0.25, 0.3) is 0 Å². The van der Waals surface area contributed by atoms with Crippen molar-refractivity contribution in [3.05, 3.63) is 29.8 Å². The van der Waals surface area contributed by atoms with Crippen molar-refractivity contribution in [3.63, 3.8) is 0 Å². The van der Waals surface area contributed by atoms with Gasteiger partial charge >= 0.3 is 0 Å². The van der Waals surface area contributed by atoms with Crippen LogP contribution in [-0.2, 0) is 20.8 Å². The van der Waals surface area contributed by atoms with E-state index in [4.69, 9.17) is 0 Å². The molecule has 0 aromatic heterocycles. The van der Waals surface area contributed by atoms with E-state index in [0.717, 1.165) is 57.3 Å². The quantitative estimate of drug-likeness (QED) is 0.657. The van der Waals surface area contributed by atoms with E-state index in [1.165, 1.54) is 12.0 Å². The molecule has 0 saturated carbocycles. The van der Waals surface area contributed by atoms with E-state index < -0.39 is 0 Å². The molecule has 0 N–H and O–H groups in total. The van der Waals surface area contributed by atoms with E-state index in [1.807, 2.05) is 21.9 Å². The van der Waals surface area contributed by atoms with E-state index in [9.17, 15) is 14.4 Å². The molecule has 3 aliphatic rings. The minimum Gasteiger partial charge on any atom is -0.342 e. The molecule has 0 spiro atoms. The minimum absolute atomic E-state index is 0.0269. The van der Waals surface area contributed by atoms with Gasteiger partial charge in [-0.1, -0.05) is 32.4 Å². The van der Waals surface area contributed by atoms with Crippen molar-refractivity contribution in [2.24, 2.45) is 17.8 Å². The second-order valence-corrected chi connectivity index (χ2v) is 10.3. The van der Waals surface area contributed by atoms with Crippen LogP contribution in [-0.4, -0.2) is 60.2 Å². The summed E-state index contributed by atoms with van der Waals surface area (Å²) in [6, 6.07) is 8.21. The van der Waals surface area contributed by atoms with Crippen LogP contribution in [0.3, 0.4) is 0 Å². The molecule has 3 saturated heterocycles. The number of carbonyl (C=O) groups excluding carboxylic acids is 3. The van der Waals surface area contributed by atoms with Gasteiger partial charge in [-0.15, -0.1) is 0 Å². The van der Waals surface area contributed by atoms with Gasteiger partial charge in [0.05, 0.1) is 5.92 Å². The molecule has 33 heavy (non-hydrogen) atoms. The molecule has 3 fully saturated rings. The number of unbranched alkanes of at least 4 members (excludes halogenated alkanes) is 1. The fourth-order valence-electron chi connectivity index (χ4n) is 5.44. The third-order valence-corrected chi connectivity index (χ3v) is 7.79. The Morgan fingerprint density at radius 3 is 2.06 bits per heavy atom. The van der Waals surface area contributed by atoms with Gasteiger partial charge in [0.2, 0.25) is 17.7 Å². The van der Waals surface area contributed by atoms with Crippen molar-refractivity contribution < 1.29 is 14.4 Å². The number of hydrogen-bond acceptors (Lipinski definition) is 3. The van der Waals surface area contributed by atoms with E-state index in [1.54, 1.807) is 4.90 Å². The van der Waals surface area contributed by atoms with Crippen molar-refractivity contribution in [1.82, 2.24) is 9.80 Å². The topological polar surface area (TPSA) is 60.9 Å². The number of nitrogens with zero attached hydrogens (tertiary/aromatic N) is 3. The standard InChI is InChI=1S/C27H39N3O3/c1-3-4-5-21-6-8-24(9-7-21)30-19-23(18-25(30)31)27(33)29-16-12-22(13-17-29)26(32)28-14-10-20(2)11-15-28/h6-9,20,22-23H,3-5,10-19H2,1-2H3. The molecule has 0 aliphatic carbocycles. The zero-order valence-corrected chi connectivity index (χ0v) is 20.3. The maximum absolute atomic E-state index is 13.2. The Morgan fingerprint density at radius 1 is 0.879 bits per heavy atom. The van der Waals surface area contributed by atoms with Crippen molar-refractivity contribution in [1.29, 1.82) is 0 Å². The van der Waals surface area contributed by atoms with Gasteiger partial charge in [0.1, 0.15) is 0 Å². The average molecular weight is 454 g/mol. The Morgan fingerprint density at radius 2 is 1.45 bits per heavy atom. The van der Waals surface area contributed by atoms with Crippen molar-refractivity contribution >= 4 is 23.4 Å². The molecule has 0 bridgehead atoms. The van der Waals surface area contributed by atoms with Crippen LogP contribution >= 0.6 is 0 Å². The summed E-state index contributed by atoms with van der Waals surface area (Å²) in [6.45, 7) is 7.88. The van der Waals surface area contributed by atoms with Crippen LogP contribution in [0.5, 0.6) is 0 Å². The molecule has 1 aromatic carbocycles. The number of carbonyl (C=O) groups is 3. The Hall–Kier alpha value is -2.37. The Bertz CT molecular complexity index is 837. The van der Waals surface area contributed by atoms with Crippen LogP contribution in [0.2, 0.25) is 0 Å². The van der Waals surface area contributed by atoms with Crippen LogP contribution in [0.4, 0.5) is 5.69 Å². The van der Waals surface area contributed by atoms with Gasteiger partial charge in [0, 0.05) is 50.7 Å². The number of amides is 3. The van der Waals surface area contributed by atoms with E-state index in [-0.39, 0.29) is 36.0 Å². The first kappa shape index (κ1) is 23.8. The largest absolute Gasteiger partial charge is 0.342 e. The molecular formula is C27H39N3O3. The highest BCUT2D eigenvalue weighted by atomic mass is 16.2. The SMILES string of the molecule is CCCCc1ccc(N2CC(C(=O)N3CCC(C(=O)N4CCC(C)CC4)CC3)CC2=O)cc1. The van der Waals surface area contributed by atoms with Gasteiger partial charge in [-0.25, -0.2) is 0 Å². The Balaban J connectivity index is 1.28. The molecular weight excluding hydrogens is 414 g/mol. The first-order valence-corrected chi connectivity index (χ1v) is 12.9. The molecule has 6 heteroatoms. The van der Waals surface area contributed by atoms with Crippen LogP contribution in [0, 0.1) is 17.8 Å². The molecule has 3 amide bonds. The Labute approximate surface area is 198 Å². The number of piperidine rings is 2. The fourth-order valence-corrected chi connectivity index (χ4v) is 5.44. The highest BCUT2D eigenvalue weighted by Crippen LogP contribution is 2.29. The zero-order chi connectivity index (χ0) is 23.4. The summed E-state index contributed by atoms with van der Waals surface area (Å²) >= 11 is 0. The summed E-state index contributed by atoms with van der Waals surface area (Å²) in [5.74, 6) is 0.838. The Kier molecular flexibility index (Phi) is 7.71. The normalized spacial score (nSPS) is 22.8. The summed E-state index contributed by atoms with van der Waals surface area (Å²) in [4.78, 5) is 44.4. The van der Waals surface area contributed by atoms with E-state index in [0.29, 0.717) is 25.6 Å². The summed E-state index contributed by atoms with van der Waals surface area (Å²) in [6.07, 6.45) is 7.33. The number of aryl methyl sites for hydroxylation is 1. The van der Waals surface area contributed by atoms with Crippen LogP contribution < -0.4 is 4.90 Å². The molecule has 4 rings (SSSR count). The minimum atomic E-state index is -0.284. The second-order valence-electron chi connectivity index (χ2n) is 10.3. The molecule has 6 nitrogen and oxygen atoms in total. The lowest BCUT2D eigenvalue weighted by molar-refractivity contribution is -0.143. The van der Waals surface area contributed by atoms with Gasteiger partial charge in [0.15, 0.2) is 0 Å². The number of benzene rings is 1. The molecule has 3 aliphatic heterocycles. The lowest BCUT2D eigenvalue weighted by Gasteiger charge is -2.37. The monoisotopic (exact) mass is 453 g/mol. The summed E-state index contributed by atoms with van der Waals surface area (Å²) < 4.78 is 0. The smallest absolute Gasteiger partial charge is 0.228 e. The molecule has 0 radical (unpaired) electrons.